The fourth-order valence-corrected chi connectivity index (χ4v) is 3.26. The normalized spacial score (nSPS) is 17.8. The van der Waals surface area contributed by atoms with Crippen LogP contribution in [0.3, 0.4) is 0 Å². The van der Waals surface area contributed by atoms with Gasteiger partial charge in [0.15, 0.2) is 0 Å². The van der Waals surface area contributed by atoms with Crippen LogP contribution in [0, 0.1) is 13.8 Å². The molecule has 1 N–H and O–H groups in total. The van der Waals surface area contributed by atoms with Crippen molar-refractivity contribution in [3.63, 3.8) is 0 Å². The summed E-state index contributed by atoms with van der Waals surface area (Å²) in [6.45, 7) is 3.95. The van der Waals surface area contributed by atoms with Crippen LogP contribution >= 0.6 is 0 Å². The molecule has 0 amide bonds. The Morgan fingerprint density at radius 2 is 2.19 bits per heavy atom. The van der Waals surface area contributed by atoms with Crippen LogP contribution in [0.1, 0.15) is 34.9 Å². The maximum atomic E-state index is 11.8. The van der Waals surface area contributed by atoms with Gasteiger partial charge in [-0.15, -0.1) is 0 Å². The average molecular weight is 352 g/mol. The summed E-state index contributed by atoms with van der Waals surface area (Å²) >= 11 is 0. The van der Waals surface area contributed by atoms with Gasteiger partial charge in [0.2, 0.25) is 0 Å². The molecule has 5 heteroatoms. The van der Waals surface area contributed by atoms with Crippen LogP contribution in [-0.2, 0) is 16.0 Å². The van der Waals surface area contributed by atoms with Crippen molar-refractivity contribution in [2.75, 3.05) is 7.11 Å². The van der Waals surface area contributed by atoms with Crippen LogP contribution in [0.25, 0.3) is 5.70 Å². The molecule has 136 valence electrons. The molecule has 0 saturated carbocycles. The number of ether oxygens (including phenoxy) is 1. The number of carboxylic acids is 1. The lowest BCUT2D eigenvalue weighted by Crippen LogP contribution is -2.15. The number of methoxy groups -OCH3 is 1. The molecule has 0 spiro atoms. The highest BCUT2D eigenvalue weighted by Crippen LogP contribution is 2.24. The lowest BCUT2D eigenvalue weighted by molar-refractivity contribution is -0.138. The molecule has 0 radical (unpaired) electrons. The molecule has 5 nitrogen and oxygen atoms in total. The van der Waals surface area contributed by atoms with Gasteiger partial charge in [-0.05, 0) is 38.0 Å². The minimum Gasteiger partial charge on any atom is -0.481 e. The molecule has 1 aliphatic rings. The highest BCUT2D eigenvalue weighted by molar-refractivity contribution is 5.76. The Labute approximate surface area is 153 Å². The zero-order valence-electron chi connectivity index (χ0n) is 15.3. The molecular formula is C21H24N2O3. The minimum absolute atomic E-state index is 0.104. The van der Waals surface area contributed by atoms with Crippen LogP contribution in [-0.4, -0.2) is 34.1 Å². The van der Waals surface area contributed by atoms with E-state index in [1.165, 1.54) is 0 Å². The summed E-state index contributed by atoms with van der Waals surface area (Å²) < 4.78 is 7.19. The van der Waals surface area contributed by atoms with E-state index in [9.17, 15) is 9.90 Å². The number of aromatic nitrogens is 2. The van der Waals surface area contributed by atoms with Gasteiger partial charge in [-0.2, -0.15) is 5.10 Å². The summed E-state index contributed by atoms with van der Waals surface area (Å²) in [5.41, 5.74) is 4.62. The van der Waals surface area contributed by atoms with Gasteiger partial charge in [0.05, 0.1) is 23.4 Å². The van der Waals surface area contributed by atoms with Crippen molar-refractivity contribution in [1.82, 2.24) is 9.78 Å². The maximum absolute atomic E-state index is 11.8. The molecule has 1 aromatic heterocycles. The van der Waals surface area contributed by atoms with E-state index in [1.807, 2.05) is 61.0 Å². The number of benzene rings is 1. The molecule has 0 saturated heterocycles. The summed E-state index contributed by atoms with van der Waals surface area (Å²) in [5, 5.41) is 14.3. The predicted molar refractivity (Wildman–Crippen MR) is 101 cm³/mol. The Morgan fingerprint density at radius 1 is 1.38 bits per heavy atom. The number of hydrogen-bond donors (Lipinski definition) is 1. The Hall–Kier alpha value is -2.66. The number of carbonyl (C=O) groups is 1. The number of carboxylic acid groups (broad SMARTS) is 1. The molecule has 2 atom stereocenters. The van der Waals surface area contributed by atoms with Gasteiger partial charge in [-0.25, -0.2) is 4.68 Å². The molecule has 1 aliphatic carbocycles. The van der Waals surface area contributed by atoms with Crippen LogP contribution in [0.4, 0.5) is 0 Å². The Balaban J connectivity index is 1.83. The molecule has 0 bridgehead atoms. The largest absolute Gasteiger partial charge is 0.481 e. The number of allylic oxidation sites excluding steroid dienone is 2. The lowest BCUT2D eigenvalue weighted by atomic mass is 9.93. The number of rotatable bonds is 6. The first-order chi connectivity index (χ1) is 12.5. The van der Waals surface area contributed by atoms with Gasteiger partial charge < -0.3 is 9.84 Å². The SMILES string of the molecule is COC1C=CC(n2nc(CC(C(=O)O)c3cccc(C)c3)cc2C)=CC1. The summed E-state index contributed by atoms with van der Waals surface area (Å²) in [4.78, 5) is 11.8. The van der Waals surface area contributed by atoms with Crippen LogP contribution in [0.2, 0.25) is 0 Å². The van der Waals surface area contributed by atoms with Crippen LogP contribution in [0.15, 0.2) is 48.6 Å². The summed E-state index contributed by atoms with van der Waals surface area (Å²) in [6, 6.07) is 9.63. The van der Waals surface area contributed by atoms with Crippen molar-refractivity contribution in [3.8, 4) is 0 Å². The van der Waals surface area contributed by atoms with E-state index >= 15 is 0 Å². The van der Waals surface area contributed by atoms with E-state index in [1.54, 1.807) is 7.11 Å². The number of nitrogens with zero attached hydrogens (tertiary/aromatic N) is 2. The quantitative estimate of drug-likeness (QED) is 0.860. The van der Waals surface area contributed by atoms with Gasteiger partial charge in [0.1, 0.15) is 0 Å². The zero-order chi connectivity index (χ0) is 18.7. The summed E-state index contributed by atoms with van der Waals surface area (Å²) in [5.74, 6) is -1.44. The molecule has 2 aromatic rings. The van der Waals surface area contributed by atoms with E-state index < -0.39 is 11.9 Å². The standard InChI is InChI=1S/C21H24N2O3/c1-14-5-4-6-16(11-14)20(21(24)25)13-17-12-15(2)23(22-17)18-7-9-19(26-3)10-8-18/h4-9,11-12,19-20H,10,13H2,1-3H3,(H,24,25). The number of hydrogen-bond acceptors (Lipinski definition) is 3. The van der Waals surface area contributed by atoms with Crippen molar-refractivity contribution >= 4 is 11.7 Å². The molecule has 1 aromatic carbocycles. The molecule has 0 aliphatic heterocycles. The second kappa shape index (κ2) is 7.70. The van der Waals surface area contributed by atoms with E-state index in [-0.39, 0.29) is 6.10 Å². The van der Waals surface area contributed by atoms with Gasteiger partial charge in [0.25, 0.3) is 0 Å². The second-order valence-corrected chi connectivity index (χ2v) is 6.70. The van der Waals surface area contributed by atoms with Gasteiger partial charge >= 0.3 is 5.97 Å². The lowest BCUT2D eigenvalue weighted by Gasteiger charge is -2.15. The number of aryl methyl sites for hydroxylation is 2. The van der Waals surface area contributed by atoms with E-state index in [4.69, 9.17) is 4.74 Å². The van der Waals surface area contributed by atoms with Crippen molar-refractivity contribution in [2.45, 2.75) is 38.7 Å². The van der Waals surface area contributed by atoms with Crippen molar-refractivity contribution in [2.24, 2.45) is 0 Å². The molecule has 2 unspecified atom stereocenters. The fraction of sp³-hybridized carbons (Fsp3) is 0.333. The molecule has 3 rings (SSSR count). The van der Waals surface area contributed by atoms with Crippen molar-refractivity contribution in [3.05, 3.63) is 71.1 Å². The van der Waals surface area contributed by atoms with E-state index in [2.05, 4.69) is 11.2 Å². The van der Waals surface area contributed by atoms with E-state index in [0.717, 1.165) is 34.6 Å². The summed E-state index contributed by atoms with van der Waals surface area (Å²) in [7, 11) is 1.70. The first kappa shape index (κ1) is 18.1. The topological polar surface area (TPSA) is 64.4 Å². The van der Waals surface area contributed by atoms with Gasteiger partial charge in [-0.1, -0.05) is 42.0 Å². The first-order valence-corrected chi connectivity index (χ1v) is 8.74. The zero-order valence-corrected chi connectivity index (χ0v) is 15.3. The predicted octanol–water partition coefficient (Wildman–Crippen LogP) is 3.73. The summed E-state index contributed by atoms with van der Waals surface area (Å²) in [6.07, 6.45) is 7.38. The number of aliphatic carboxylic acids is 1. The smallest absolute Gasteiger partial charge is 0.311 e. The molecule has 26 heavy (non-hydrogen) atoms. The fourth-order valence-electron chi connectivity index (χ4n) is 3.26. The average Bonchev–Trinajstić information content (AvgIpc) is 3.00. The van der Waals surface area contributed by atoms with E-state index in [0.29, 0.717) is 6.42 Å². The van der Waals surface area contributed by atoms with Crippen molar-refractivity contribution < 1.29 is 14.6 Å². The van der Waals surface area contributed by atoms with Gasteiger partial charge in [0, 0.05) is 19.2 Å². The third kappa shape index (κ3) is 3.94. The Kier molecular flexibility index (Phi) is 5.38. The third-order valence-electron chi connectivity index (χ3n) is 4.68. The Bertz CT molecular complexity index is 864. The molecule has 0 fully saturated rings. The Morgan fingerprint density at radius 3 is 2.81 bits per heavy atom. The first-order valence-electron chi connectivity index (χ1n) is 8.74. The monoisotopic (exact) mass is 352 g/mol. The molecule has 1 heterocycles. The minimum atomic E-state index is -0.831. The molecular weight excluding hydrogens is 328 g/mol. The highest BCUT2D eigenvalue weighted by Gasteiger charge is 2.22. The third-order valence-corrected chi connectivity index (χ3v) is 4.68. The van der Waals surface area contributed by atoms with Gasteiger partial charge in [-0.3, -0.25) is 4.79 Å². The van der Waals surface area contributed by atoms with Crippen LogP contribution in [0.5, 0.6) is 0 Å². The second-order valence-electron chi connectivity index (χ2n) is 6.70. The van der Waals surface area contributed by atoms with Crippen LogP contribution < -0.4 is 0 Å². The van der Waals surface area contributed by atoms with Crippen molar-refractivity contribution in [1.29, 1.82) is 0 Å². The highest BCUT2D eigenvalue weighted by atomic mass is 16.5. The maximum Gasteiger partial charge on any atom is 0.311 e.